The Balaban J connectivity index is 1.63. The Labute approximate surface area is 108 Å². The number of aryl methyl sites for hydroxylation is 1. The van der Waals surface area contributed by atoms with Crippen molar-refractivity contribution in [2.24, 2.45) is 0 Å². The SMILES string of the molecule is O=C(CCCCc1ccc(O)cc1)[C@@H]1CCCN1. The highest BCUT2D eigenvalue weighted by molar-refractivity contribution is 5.84. The maximum atomic E-state index is 11.8. The van der Waals surface area contributed by atoms with Gasteiger partial charge in [0.05, 0.1) is 6.04 Å². The van der Waals surface area contributed by atoms with Crippen molar-refractivity contribution in [2.45, 2.75) is 44.6 Å². The Kier molecular flexibility index (Phi) is 4.76. The summed E-state index contributed by atoms with van der Waals surface area (Å²) in [5.74, 6) is 0.680. The van der Waals surface area contributed by atoms with Crippen molar-refractivity contribution >= 4 is 5.78 Å². The second-order valence-corrected chi connectivity index (χ2v) is 4.99. The van der Waals surface area contributed by atoms with E-state index in [-0.39, 0.29) is 6.04 Å². The Bertz CT molecular complexity index is 380. The maximum Gasteiger partial charge on any atom is 0.149 e. The fourth-order valence-corrected chi connectivity index (χ4v) is 2.42. The minimum atomic E-state index is 0.124. The van der Waals surface area contributed by atoms with Crippen LogP contribution in [0.5, 0.6) is 5.75 Å². The third-order valence-electron chi connectivity index (χ3n) is 3.52. The largest absolute Gasteiger partial charge is 0.508 e. The van der Waals surface area contributed by atoms with Crippen molar-refractivity contribution < 1.29 is 9.90 Å². The van der Waals surface area contributed by atoms with Crippen molar-refractivity contribution in [1.29, 1.82) is 0 Å². The molecule has 18 heavy (non-hydrogen) atoms. The van der Waals surface area contributed by atoms with Crippen LogP contribution in [0.4, 0.5) is 0 Å². The predicted octanol–water partition coefficient (Wildman–Crippen LogP) is 2.43. The number of aromatic hydroxyl groups is 1. The number of rotatable bonds is 6. The molecule has 1 aliphatic heterocycles. The van der Waals surface area contributed by atoms with Gasteiger partial charge in [-0.3, -0.25) is 4.79 Å². The van der Waals surface area contributed by atoms with Crippen molar-refractivity contribution in [1.82, 2.24) is 5.32 Å². The molecule has 98 valence electrons. The first-order chi connectivity index (χ1) is 8.75. The zero-order valence-electron chi connectivity index (χ0n) is 10.7. The summed E-state index contributed by atoms with van der Waals surface area (Å²) in [5, 5.41) is 12.4. The predicted molar refractivity (Wildman–Crippen MR) is 71.7 cm³/mol. The molecule has 1 saturated heterocycles. The van der Waals surface area contributed by atoms with Crippen molar-refractivity contribution in [2.75, 3.05) is 6.54 Å². The minimum Gasteiger partial charge on any atom is -0.508 e. The molecule has 0 aromatic heterocycles. The summed E-state index contributed by atoms with van der Waals surface area (Å²) in [6, 6.07) is 7.43. The van der Waals surface area contributed by atoms with Gasteiger partial charge in [-0.1, -0.05) is 12.1 Å². The van der Waals surface area contributed by atoms with Crippen molar-refractivity contribution in [3.8, 4) is 5.75 Å². The second-order valence-electron chi connectivity index (χ2n) is 4.99. The highest BCUT2D eigenvalue weighted by Gasteiger charge is 2.20. The first-order valence-electron chi connectivity index (χ1n) is 6.80. The number of ketones is 1. The molecule has 3 nitrogen and oxygen atoms in total. The van der Waals surface area contributed by atoms with Gasteiger partial charge in [-0.05, 0) is 56.3 Å². The summed E-state index contributed by atoms with van der Waals surface area (Å²) in [4.78, 5) is 11.8. The standard InChI is InChI=1S/C15H21NO2/c17-13-9-7-12(8-10-13)4-1-2-6-15(18)14-5-3-11-16-14/h7-10,14,16-17H,1-6,11H2/t14-/m0/s1. The quantitative estimate of drug-likeness (QED) is 0.759. The van der Waals surface area contributed by atoms with Gasteiger partial charge in [-0.15, -0.1) is 0 Å². The van der Waals surface area contributed by atoms with E-state index in [0.717, 1.165) is 38.6 Å². The van der Waals surface area contributed by atoms with Crippen LogP contribution in [0.3, 0.4) is 0 Å². The van der Waals surface area contributed by atoms with E-state index in [1.54, 1.807) is 12.1 Å². The number of phenols is 1. The lowest BCUT2D eigenvalue weighted by molar-refractivity contribution is -0.120. The van der Waals surface area contributed by atoms with E-state index >= 15 is 0 Å². The van der Waals surface area contributed by atoms with Crippen LogP contribution in [0.2, 0.25) is 0 Å². The average Bonchev–Trinajstić information content (AvgIpc) is 2.90. The molecule has 1 heterocycles. The van der Waals surface area contributed by atoms with Crippen LogP contribution < -0.4 is 5.32 Å². The van der Waals surface area contributed by atoms with E-state index in [4.69, 9.17) is 0 Å². The third-order valence-corrected chi connectivity index (χ3v) is 3.52. The number of nitrogens with one attached hydrogen (secondary N) is 1. The smallest absolute Gasteiger partial charge is 0.149 e. The maximum absolute atomic E-state index is 11.8. The molecule has 0 aliphatic carbocycles. The Morgan fingerprint density at radius 1 is 1.28 bits per heavy atom. The Hall–Kier alpha value is -1.35. The number of Topliss-reactive ketones (excluding diaryl/α,β-unsaturated/α-hetero) is 1. The fourth-order valence-electron chi connectivity index (χ4n) is 2.42. The number of hydrogen-bond acceptors (Lipinski definition) is 3. The Morgan fingerprint density at radius 2 is 2.06 bits per heavy atom. The van der Waals surface area contributed by atoms with E-state index in [1.807, 2.05) is 12.1 Å². The van der Waals surface area contributed by atoms with Crippen LogP contribution in [-0.2, 0) is 11.2 Å². The topological polar surface area (TPSA) is 49.3 Å². The Morgan fingerprint density at radius 3 is 2.72 bits per heavy atom. The molecule has 0 saturated carbocycles. The minimum absolute atomic E-state index is 0.124. The number of phenolic OH excluding ortho intramolecular Hbond substituents is 1. The molecule has 0 radical (unpaired) electrons. The molecule has 0 unspecified atom stereocenters. The van der Waals surface area contributed by atoms with E-state index in [0.29, 0.717) is 18.0 Å². The first-order valence-corrected chi connectivity index (χ1v) is 6.80. The number of carbonyl (C=O) groups excluding carboxylic acids is 1. The van der Waals surface area contributed by atoms with Gasteiger partial charge in [0.25, 0.3) is 0 Å². The average molecular weight is 247 g/mol. The normalized spacial score (nSPS) is 19.0. The lowest BCUT2D eigenvalue weighted by Gasteiger charge is -2.08. The van der Waals surface area contributed by atoms with Crippen LogP contribution in [0.15, 0.2) is 24.3 Å². The molecule has 1 aliphatic rings. The van der Waals surface area contributed by atoms with Crippen molar-refractivity contribution in [3.63, 3.8) is 0 Å². The molecule has 1 fully saturated rings. The molecule has 0 amide bonds. The second kappa shape index (κ2) is 6.55. The summed E-state index contributed by atoms with van der Waals surface area (Å²) in [7, 11) is 0. The molecule has 3 heteroatoms. The van der Waals surface area contributed by atoms with Crippen LogP contribution in [0, 0.1) is 0 Å². The summed E-state index contributed by atoms with van der Waals surface area (Å²) < 4.78 is 0. The lowest BCUT2D eigenvalue weighted by Crippen LogP contribution is -2.30. The number of unbranched alkanes of at least 4 members (excludes halogenated alkanes) is 1. The molecular formula is C15H21NO2. The van der Waals surface area contributed by atoms with E-state index in [9.17, 15) is 9.90 Å². The van der Waals surface area contributed by atoms with Gasteiger partial charge in [0, 0.05) is 6.42 Å². The van der Waals surface area contributed by atoms with Gasteiger partial charge in [-0.2, -0.15) is 0 Å². The number of carbonyl (C=O) groups is 1. The van der Waals surface area contributed by atoms with E-state index in [2.05, 4.69) is 5.32 Å². The van der Waals surface area contributed by atoms with Crippen LogP contribution in [-0.4, -0.2) is 23.5 Å². The molecule has 1 aromatic carbocycles. The summed E-state index contributed by atoms with van der Waals surface area (Å²) >= 11 is 0. The van der Waals surface area contributed by atoms with Gasteiger partial charge in [0.2, 0.25) is 0 Å². The summed E-state index contributed by atoms with van der Waals surface area (Å²) in [6.45, 7) is 0.990. The van der Waals surface area contributed by atoms with E-state index < -0.39 is 0 Å². The highest BCUT2D eigenvalue weighted by Crippen LogP contribution is 2.14. The monoisotopic (exact) mass is 247 g/mol. The van der Waals surface area contributed by atoms with Gasteiger partial charge in [-0.25, -0.2) is 0 Å². The zero-order chi connectivity index (χ0) is 12.8. The van der Waals surface area contributed by atoms with Crippen LogP contribution in [0.1, 0.15) is 37.7 Å². The molecular weight excluding hydrogens is 226 g/mol. The van der Waals surface area contributed by atoms with Gasteiger partial charge in [0.1, 0.15) is 11.5 Å². The van der Waals surface area contributed by atoms with Crippen molar-refractivity contribution in [3.05, 3.63) is 29.8 Å². The molecule has 2 N–H and O–H groups in total. The van der Waals surface area contributed by atoms with Gasteiger partial charge in [0.15, 0.2) is 0 Å². The van der Waals surface area contributed by atoms with Crippen LogP contribution in [0.25, 0.3) is 0 Å². The number of benzene rings is 1. The lowest BCUT2D eigenvalue weighted by atomic mass is 10.0. The molecule has 0 bridgehead atoms. The van der Waals surface area contributed by atoms with Crippen LogP contribution >= 0.6 is 0 Å². The molecule has 0 spiro atoms. The third kappa shape index (κ3) is 3.84. The van der Waals surface area contributed by atoms with E-state index in [1.165, 1.54) is 5.56 Å². The molecule has 1 aromatic rings. The molecule has 1 atom stereocenters. The summed E-state index contributed by atoms with van der Waals surface area (Å²) in [6.07, 6.45) is 5.79. The summed E-state index contributed by atoms with van der Waals surface area (Å²) in [5.41, 5.74) is 1.22. The fraction of sp³-hybridized carbons (Fsp3) is 0.533. The zero-order valence-corrected chi connectivity index (χ0v) is 10.7. The molecule has 2 rings (SSSR count). The number of hydrogen-bond donors (Lipinski definition) is 2. The van der Waals surface area contributed by atoms with Gasteiger partial charge >= 0.3 is 0 Å². The first kappa shape index (κ1) is 13.1. The van der Waals surface area contributed by atoms with Gasteiger partial charge < -0.3 is 10.4 Å². The highest BCUT2D eigenvalue weighted by atomic mass is 16.3.